The maximum atomic E-state index is 10.4. The van der Waals surface area contributed by atoms with Gasteiger partial charge in [-0.3, -0.25) is 0 Å². The lowest BCUT2D eigenvalue weighted by Crippen LogP contribution is -2.24. The zero-order chi connectivity index (χ0) is 14.3. The van der Waals surface area contributed by atoms with E-state index >= 15 is 0 Å². The molecule has 0 aliphatic rings. The molecule has 0 spiro atoms. The third kappa shape index (κ3) is 4.04. The molecular weight excluding hydrogens is 248 g/mol. The Kier molecular flexibility index (Phi) is 6.52. The van der Waals surface area contributed by atoms with Gasteiger partial charge in [-0.05, 0) is 13.3 Å². The molecule has 6 nitrogen and oxygen atoms in total. The van der Waals surface area contributed by atoms with Crippen LogP contribution in [0.1, 0.15) is 38.5 Å². The zero-order valence-corrected chi connectivity index (χ0v) is 11.9. The molecule has 1 heterocycles. The highest BCUT2D eigenvalue weighted by Crippen LogP contribution is 2.28. The second-order valence-electron chi connectivity index (χ2n) is 4.03. The van der Waals surface area contributed by atoms with Crippen molar-refractivity contribution < 1.29 is 19.3 Å². The summed E-state index contributed by atoms with van der Waals surface area (Å²) < 4.78 is 15.7. The molecule has 2 unspecified atom stereocenters. The quantitative estimate of drug-likeness (QED) is 0.775. The van der Waals surface area contributed by atoms with Gasteiger partial charge in [0.25, 0.3) is 0 Å². The van der Waals surface area contributed by atoms with Crippen molar-refractivity contribution in [3.8, 4) is 11.8 Å². The highest BCUT2D eigenvalue weighted by molar-refractivity contribution is 5.25. The van der Waals surface area contributed by atoms with Crippen molar-refractivity contribution >= 4 is 0 Å². The second kappa shape index (κ2) is 7.91. The summed E-state index contributed by atoms with van der Waals surface area (Å²) in [6, 6.07) is 0. The monoisotopic (exact) mass is 270 g/mol. The molecule has 1 rings (SSSR count). The fourth-order valence-electron chi connectivity index (χ4n) is 1.82. The Balaban J connectivity index is 2.98. The summed E-state index contributed by atoms with van der Waals surface area (Å²) in [6.07, 6.45) is 1.93. The normalized spacial score (nSPS) is 13.9. The Hall–Kier alpha value is -1.40. The van der Waals surface area contributed by atoms with Crippen LogP contribution < -0.4 is 9.47 Å². The summed E-state index contributed by atoms with van der Waals surface area (Å²) in [5, 5.41) is 10.4. The van der Waals surface area contributed by atoms with Crippen LogP contribution in [0.2, 0.25) is 0 Å². The average Bonchev–Trinajstić information content (AvgIpc) is 2.45. The molecule has 0 aliphatic carbocycles. The minimum absolute atomic E-state index is 0.257. The van der Waals surface area contributed by atoms with Gasteiger partial charge in [0.15, 0.2) is 0 Å². The largest absolute Gasteiger partial charge is 0.480 e. The molecule has 1 aromatic heterocycles. The number of methoxy groups -OCH3 is 2. The molecule has 0 aliphatic heterocycles. The van der Waals surface area contributed by atoms with E-state index < -0.39 is 6.10 Å². The fraction of sp³-hybridized carbons (Fsp3) is 0.692. The first-order valence-electron chi connectivity index (χ1n) is 6.42. The Bertz CT molecular complexity index is 381. The van der Waals surface area contributed by atoms with Crippen LogP contribution in [0.25, 0.3) is 0 Å². The van der Waals surface area contributed by atoms with Gasteiger partial charge in [0.2, 0.25) is 11.8 Å². The zero-order valence-electron chi connectivity index (χ0n) is 11.9. The third-order valence-corrected chi connectivity index (χ3v) is 2.73. The number of hydrogen-bond donors (Lipinski definition) is 1. The van der Waals surface area contributed by atoms with Crippen LogP contribution in [-0.2, 0) is 4.74 Å². The van der Waals surface area contributed by atoms with Gasteiger partial charge in [0, 0.05) is 6.61 Å². The van der Waals surface area contributed by atoms with Gasteiger partial charge in [-0.2, -0.15) is 4.98 Å². The average molecular weight is 270 g/mol. The van der Waals surface area contributed by atoms with Gasteiger partial charge in [-0.1, -0.05) is 13.3 Å². The lowest BCUT2D eigenvalue weighted by molar-refractivity contribution is -0.0413. The highest BCUT2D eigenvalue weighted by atomic mass is 16.5. The van der Waals surface area contributed by atoms with Crippen LogP contribution in [0.5, 0.6) is 11.8 Å². The van der Waals surface area contributed by atoms with Gasteiger partial charge < -0.3 is 19.3 Å². The second-order valence-corrected chi connectivity index (χ2v) is 4.03. The molecule has 0 saturated carbocycles. The molecule has 0 saturated heterocycles. The number of rotatable bonds is 8. The Morgan fingerprint density at radius 3 is 2.53 bits per heavy atom. The minimum Gasteiger partial charge on any atom is -0.480 e. The molecule has 0 radical (unpaired) electrons. The SMILES string of the molecule is CCCC(OCC)C(O)c1ncc(OC)nc1OC. The third-order valence-electron chi connectivity index (χ3n) is 2.73. The van der Waals surface area contributed by atoms with E-state index in [0.29, 0.717) is 18.2 Å². The molecule has 0 fully saturated rings. The number of hydrogen-bond acceptors (Lipinski definition) is 6. The van der Waals surface area contributed by atoms with Gasteiger partial charge >= 0.3 is 0 Å². The van der Waals surface area contributed by atoms with Gasteiger partial charge in [-0.25, -0.2) is 4.98 Å². The van der Waals surface area contributed by atoms with Crippen LogP contribution >= 0.6 is 0 Å². The van der Waals surface area contributed by atoms with Crippen molar-refractivity contribution in [2.24, 2.45) is 0 Å². The van der Waals surface area contributed by atoms with Crippen LogP contribution in [0.3, 0.4) is 0 Å². The maximum absolute atomic E-state index is 10.4. The lowest BCUT2D eigenvalue weighted by Gasteiger charge is -2.22. The molecule has 19 heavy (non-hydrogen) atoms. The van der Waals surface area contributed by atoms with E-state index in [0.717, 1.165) is 12.8 Å². The van der Waals surface area contributed by atoms with Crippen molar-refractivity contribution in [3.63, 3.8) is 0 Å². The summed E-state index contributed by atoms with van der Waals surface area (Å²) in [5.41, 5.74) is 0.371. The van der Waals surface area contributed by atoms with E-state index in [4.69, 9.17) is 14.2 Å². The van der Waals surface area contributed by atoms with Crippen LogP contribution in [0.4, 0.5) is 0 Å². The van der Waals surface area contributed by atoms with Crippen molar-refractivity contribution in [1.29, 1.82) is 0 Å². The predicted molar refractivity (Wildman–Crippen MR) is 70.4 cm³/mol. The number of ether oxygens (including phenoxy) is 3. The topological polar surface area (TPSA) is 73.7 Å². The molecule has 108 valence electrons. The molecule has 1 aromatic rings. The number of nitrogens with zero attached hydrogens (tertiary/aromatic N) is 2. The molecule has 6 heteroatoms. The van der Waals surface area contributed by atoms with Gasteiger partial charge in [0.05, 0.1) is 26.5 Å². The van der Waals surface area contributed by atoms with Crippen LogP contribution in [0, 0.1) is 0 Å². The standard InChI is InChI=1S/C13H22N2O4/c1-5-7-9(19-6-2)12(16)11-13(18-4)15-10(17-3)8-14-11/h8-9,12,16H,5-7H2,1-4H3. The Labute approximate surface area is 113 Å². The van der Waals surface area contributed by atoms with Crippen LogP contribution in [-0.4, -0.2) is 42.0 Å². The first kappa shape index (κ1) is 15.7. The first-order valence-corrected chi connectivity index (χ1v) is 6.42. The minimum atomic E-state index is -0.867. The van der Waals surface area contributed by atoms with E-state index in [1.54, 1.807) is 0 Å². The smallest absolute Gasteiger partial charge is 0.241 e. The fourth-order valence-corrected chi connectivity index (χ4v) is 1.82. The predicted octanol–water partition coefficient (Wildman–Crippen LogP) is 1.73. The van der Waals surface area contributed by atoms with Gasteiger partial charge in [-0.15, -0.1) is 0 Å². The number of aliphatic hydroxyl groups is 1. The van der Waals surface area contributed by atoms with Crippen molar-refractivity contribution in [1.82, 2.24) is 9.97 Å². The molecule has 0 bridgehead atoms. The number of aliphatic hydroxyl groups excluding tert-OH is 1. The summed E-state index contributed by atoms with van der Waals surface area (Å²) >= 11 is 0. The van der Waals surface area contributed by atoms with E-state index in [1.165, 1.54) is 20.4 Å². The molecule has 2 atom stereocenters. The molecule has 0 amide bonds. The van der Waals surface area contributed by atoms with E-state index in [1.807, 2.05) is 13.8 Å². The first-order chi connectivity index (χ1) is 9.17. The molecule has 1 N–H and O–H groups in total. The summed E-state index contributed by atoms with van der Waals surface area (Å²) in [6.45, 7) is 4.47. The summed E-state index contributed by atoms with van der Waals surface area (Å²) in [7, 11) is 2.98. The molecular formula is C13H22N2O4. The van der Waals surface area contributed by atoms with E-state index in [-0.39, 0.29) is 12.0 Å². The Morgan fingerprint density at radius 2 is 2.00 bits per heavy atom. The maximum Gasteiger partial charge on any atom is 0.241 e. The highest BCUT2D eigenvalue weighted by Gasteiger charge is 2.26. The Morgan fingerprint density at radius 1 is 1.26 bits per heavy atom. The lowest BCUT2D eigenvalue weighted by atomic mass is 10.1. The van der Waals surface area contributed by atoms with E-state index in [9.17, 15) is 5.11 Å². The molecule has 0 aromatic carbocycles. The number of aromatic nitrogens is 2. The van der Waals surface area contributed by atoms with Crippen molar-refractivity contribution in [2.45, 2.75) is 38.9 Å². The van der Waals surface area contributed by atoms with Gasteiger partial charge in [0.1, 0.15) is 11.8 Å². The van der Waals surface area contributed by atoms with Crippen molar-refractivity contribution in [3.05, 3.63) is 11.9 Å². The summed E-state index contributed by atoms with van der Waals surface area (Å²) in [4.78, 5) is 8.27. The van der Waals surface area contributed by atoms with Crippen LogP contribution in [0.15, 0.2) is 6.20 Å². The summed E-state index contributed by atoms with van der Waals surface area (Å²) in [5.74, 6) is 0.601. The van der Waals surface area contributed by atoms with E-state index in [2.05, 4.69) is 9.97 Å². The van der Waals surface area contributed by atoms with Crippen molar-refractivity contribution in [2.75, 3.05) is 20.8 Å².